The molecule has 2 saturated carbocycles. The van der Waals surface area contributed by atoms with Crippen LogP contribution in [0.4, 0.5) is 0 Å². The van der Waals surface area contributed by atoms with Crippen LogP contribution in [0.5, 0.6) is 11.5 Å². The molecule has 1 aromatic carbocycles. The van der Waals surface area contributed by atoms with Gasteiger partial charge in [0.15, 0.2) is 0 Å². The third-order valence-corrected chi connectivity index (χ3v) is 7.22. The smallest absolute Gasteiger partial charge is 0.123 e. The molecular formula is C22H32O2. The molecule has 132 valence electrons. The van der Waals surface area contributed by atoms with E-state index >= 15 is 0 Å². The fourth-order valence-corrected chi connectivity index (χ4v) is 5.45. The summed E-state index contributed by atoms with van der Waals surface area (Å²) < 4.78 is 6.75. The van der Waals surface area contributed by atoms with Gasteiger partial charge in [0.1, 0.15) is 17.1 Å². The molecule has 1 heterocycles. The number of phenols is 1. The molecule has 1 unspecified atom stereocenters. The maximum Gasteiger partial charge on any atom is 0.123 e. The van der Waals surface area contributed by atoms with Crippen molar-refractivity contribution in [1.29, 1.82) is 0 Å². The zero-order valence-electron chi connectivity index (χ0n) is 15.4. The van der Waals surface area contributed by atoms with E-state index in [1.165, 1.54) is 63.4 Å². The van der Waals surface area contributed by atoms with Crippen molar-refractivity contribution < 1.29 is 9.84 Å². The van der Waals surface area contributed by atoms with Crippen LogP contribution in [-0.2, 0) is 6.42 Å². The molecule has 1 aliphatic heterocycles. The minimum Gasteiger partial charge on any atom is -0.508 e. The van der Waals surface area contributed by atoms with E-state index in [0.29, 0.717) is 11.7 Å². The van der Waals surface area contributed by atoms with E-state index in [1.807, 2.05) is 6.07 Å². The Labute approximate surface area is 146 Å². The zero-order chi connectivity index (χ0) is 16.8. The number of aromatic hydroxyl groups is 1. The maximum absolute atomic E-state index is 10.6. The molecule has 3 aliphatic rings. The van der Waals surface area contributed by atoms with E-state index in [9.17, 15) is 5.11 Å². The summed E-state index contributed by atoms with van der Waals surface area (Å²) in [5, 5.41) is 10.6. The molecule has 4 rings (SSSR count). The van der Waals surface area contributed by atoms with E-state index in [2.05, 4.69) is 19.9 Å². The third kappa shape index (κ3) is 2.62. The summed E-state index contributed by atoms with van der Waals surface area (Å²) in [6, 6.07) is 4.20. The Morgan fingerprint density at radius 3 is 2.46 bits per heavy atom. The first-order valence-electron chi connectivity index (χ1n) is 10.1. The summed E-state index contributed by atoms with van der Waals surface area (Å²) >= 11 is 0. The summed E-state index contributed by atoms with van der Waals surface area (Å²) in [5.74, 6) is 2.09. The van der Waals surface area contributed by atoms with Crippen LogP contribution in [0.15, 0.2) is 12.1 Å². The van der Waals surface area contributed by atoms with Gasteiger partial charge in [0.05, 0.1) is 0 Å². The van der Waals surface area contributed by atoms with Gasteiger partial charge in [-0.15, -0.1) is 0 Å². The lowest BCUT2D eigenvalue weighted by atomic mass is 9.62. The SMILES string of the molecule is CC1(C)CCCCC12CCc1cc(O)c(C3CCCCC3)cc1O2. The Balaban J connectivity index is 1.67. The van der Waals surface area contributed by atoms with Crippen molar-refractivity contribution in [2.24, 2.45) is 5.41 Å². The highest BCUT2D eigenvalue weighted by Crippen LogP contribution is 2.53. The van der Waals surface area contributed by atoms with E-state index in [1.54, 1.807) is 0 Å². The summed E-state index contributed by atoms with van der Waals surface area (Å²) in [7, 11) is 0. The predicted octanol–water partition coefficient (Wildman–Crippen LogP) is 6.10. The fourth-order valence-electron chi connectivity index (χ4n) is 5.45. The van der Waals surface area contributed by atoms with Crippen molar-refractivity contribution in [2.75, 3.05) is 0 Å². The van der Waals surface area contributed by atoms with Gasteiger partial charge in [-0.05, 0) is 68.6 Å². The highest BCUT2D eigenvalue weighted by atomic mass is 16.5. The molecule has 0 saturated heterocycles. The molecule has 24 heavy (non-hydrogen) atoms. The lowest BCUT2D eigenvalue weighted by Crippen LogP contribution is -2.53. The van der Waals surface area contributed by atoms with Gasteiger partial charge in [-0.25, -0.2) is 0 Å². The minimum absolute atomic E-state index is 0.000935. The van der Waals surface area contributed by atoms with Crippen molar-refractivity contribution in [2.45, 2.75) is 96.0 Å². The first-order chi connectivity index (χ1) is 11.5. The Morgan fingerprint density at radius 1 is 0.958 bits per heavy atom. The van der Waals surface area contributed by atoms with Crippen molar-refractivity contribution in [3.63, 3.8) is 0 Å². The number of hydrogen-bond acceptors (Lipinski definition) is 2. The molecule has 1 N–H and O–H groups in total. The van der Waals surface area contributed by atoms with Gasteiger partial charge in [-0.1, -0.05) is 39.5 Å². The Kier molecular flexibility index (Phi) is 4.05. The molecule has 0 radical (unpaired) electrons. The molecule has 1 aromatic rings. The molecular weight excluding hydrogens is 296 g/mol. The van der Waals surface area contributed by atoms with Crippen LogP contribution in [0.1, 0.15) is 95.1 Å². The van der Waals surface area contributed by atoms with Crippen LogP contribution in [0, 0.1) is 5.41 Å². The molecule has 2 nitrogen and oxygen atoms in total. The quantitative estimate of drug-likeness (QED) is 0.674. The Bertz CT molecular complexity index is 613. The number of phenolic OH excluding ortho intramolecular Hbond substituents is 1. The molecule has 0 amide bonds. The number of ether oxygens (including phenoxy) is 1. The lowest BCUT2D eigenvalue weighted by molar-refractivity contribution is -0.0881. The van der Waals surface area contributed by atoms with E-state index in [-0.39, 0.29) is 11.0 Å². The largest absolute Gasteiger partial charge is 0.508 e. The van der Waals surface area contributed by atoms with E-state index in [4.69, 9.17) is 4.74 Å². The summed E-state index contributed by atoms with van der Waals surface area (Å²) in [5.41, 5.74) is 2.59. The molecule has 2 fully saturated rings. The fraction of sp³-hybridized carbons (Fsp3) is 0.727. The molecule has 0 bridgehead atoms. The van der Waals surface area contributed by atoms with Gasteiger partial charge in [-0.3, -0.25) is 0 Å². The number of aryl methyl sites for hydroxylation is 1. The standard InChI is InChI=1S/C22H32O2/c1-21(2)11-6-7-12-22(21)13-10-17-14-19(23)18(15-20(17)24-22)16-8-4-3-5-9-16/h14-16,23H,3-13H2,1-2H3. The van der Waals surface area contributed by atoms with Crippen LogP contribution in [0.25, 0.3) is 0 Å². The van der Waals surface area contributed by atoms with Gasteiger partial charge in [0.2, 0.25) is 0 Å². The minimum atomic E-state index is -0.000935. The summed E-state index contributed by atoms with van der Waals surface area (Å²) in [6.07, 6.45) is 13.5. The monoisotopic (exact) mass is 328 g/mol. The topological polar surface area (TPSA) is 29.5 Å². The second-order valence-corrected chi connectivity index (χ2v) is 9.04. The normalized spacial score (nSPS) is 29.9. The second-order valence-electron chi connectivity index (χ2n) is 9.04. The molecule has 0 aromatic heterocycles. The van der Waals surface area contributed by atoms with E-state index in [0.717, 1.165) is 24.2 Å². The number of benzene rings is 1. The molecule has 1 atom stereocenters. The molecule has 2 heteroatoms. The molecule has 2 aliphatic carbocycles. The van der Waals surface area contributed by atoms with Crippen LogP contribution in [0.2, 0.25) is 0 Å². The van der Waals surface area contributed by atoms with Gasteiger partial charge in [-0.2, -0.15) is 0 Å². The lowest BCUT2D eigenvalue weighted by Gasteiger charge is -2.52. The van der Waals surface area contributed by atoms with Crippen molar-refractivity contribution in [3.8, 4) is 11.5 Å². The maximum atomic E-state index is 10.6. The summed E-state index contributed by atoms with van der Waals surface area (Å²) in [6.45, 7) is 4.78. The molecule has 1 spiro atoms. The van der Waals surface area contributed by atoms with Crippen LogP contribution >= 0.6 is 0 Å². The predicted molar refractivity (Wildman–Crippen MR) is 97.9 cm³/mol. The second kappa shape index (κ2) is 5.97. The van der Waals surface area contributed by atoms with Crippen molar-refractivity contribution >= 4 is 0 Å². The van der Waals surface area contributed by atoms with Crippen LogP contribution in [0.3, 0.4) is 0 Å². The first-order valence-corrected chi connectivity index (χ1v) is 10.1. The highest BCUT2D eigenvalue weighted by Gasteiger charge is 2.50. The Morgan fingerprint density at radius 2 is 1.71 bits per heavy atom. The first kappa shape index (κ1) is 16.3. The average molecular weight is 328 g/mol. The van der Waals surface area contributed by atoms with Gasteiger partial charge in [0.25, 0.3) is 0 Å². The number of rotatable bonds is 1. The van der Waals surface area contributed by atoms with Gasteiger partial charge in [0, 0.05) is 11.0 Å². The van der Waals surface area contributed by atoms with Crippen LogP contribution < -0.4 is 4.74 Å². The highest BCUT2D eigenvalue weighted by molar-refractivity contribution is 5.49. The summed E-state index contributed by atoms with van der Waals surface area (Å²) in [4.78, 5) is 0. The third-order valence-electron chi connectivity index (χ3n) is 7.22. The van der Waals surface area contributed by atoms with Gasteiger partial charge < -0.3 is 9.84 Å². The number of fused-ring (bicyclic) bond motifs is 1. The number of hydrogen-bond donors (Lipinski definition) is 1. The van der Waals surface area contributed by atoms with Crippen LogP contribution in [-0.4, -0.2) is 10.7 Å². The van der Waals surface area contributed by atoms with E-state index < -0.39 is 0 Å². The average Bonchev–Trinajstić information content (AvgIpc) is 2.58. The van der Waals surface area contributed by atoms with Gasteiger partial charge >= 0.3 is 0 Å². The van der Waals surface area contributed by atoms with Crippen molar-refractivity contribution in [1.82, 2.24) is 0 Å². The zero-order valence-corrected chi connectivity index (χ0v) is 15.4. The Hall–Kier alpha value is -1.18. The van der Waals surface area contributed by atoms with Crippen molar-refractivity contribution in [3.05, 3.63) is 23.3 Å².